The molecule has 17 heavy (non-hydrogen) atoms. The van der Waals surface area contributed by atoms with E-state index in [0.717, 1.165) is 12.1 Å². The minimum Gasteiger partial charge on any atom is -0.482 e. The molecule has 1 aliphatic rings. The highest BCUT2D eigenvalue weighted by Gasteiger charge is 2.25. The molecule has 1 atom stereocenters. The van der Waals surface area contributed by atoms with Gasteiger partial charge in [0.2, 0.25) is 0 Å². The topological polar surface area (TPSA) is 81.6 Å². The molecular formula is C12H17N3O2. The molecule has 0 radical (unpaired) electrons. The van der Waals surface area contributed by atoms with E-state index in [1.165, 1.54) is 0 Å². The first-order valence-corrected chi connectivity index (χ1v) is 5.66. The summed E-state index contributed by atoms with van der Waals surface area (Å²) in [5, 5.41) is 0. The lowest BCUT2D eigenvalue weighted by Crippen LogP contribution is -2.40. The number of carbonyl (C=O) groups excluding carboxylic acids is 1. The van der Waals surface area contributed by atoms with Gasteiger partial charge in [0.15, 0.2) is 6.61 Å². The van der Waals surface area contributed by atoms with Gasteiger partial charge in [0.1, 0.15) is 5.75 Å². The minimum absolute atomic E-state index is 0.0521. The van der Waals surface area contributed by atoms with Crippen molar-refractivity contribution in [2.24, 2.45) is 5.73 Å². The highest BCUT2D eigenvalue weighted by molar-refractivity contribution is 5.98. The van der Waals surface area contributed by atoms with Gasteiger partial charge < -0.3 is 21.1 Å². The van der Waals surface area contributed by atoms with Crippen LogP contribution in [-0.4, -0.2) is 25.1 Å². The van der Waals surface area contributed by atoms with Crippen molar-refractivity contribution < 1.29 is 9.53 Å². The number of anilines is 2. The zero-order valence-corrected chi connectivity index (χ0v) is 9.85. The van der Waals surface area contributed by atoms with Gasteiger partial charge in [-0.2, -0.15) is 0 Å². The van der Waals surface area contributed by atoms with Crippen LogP contribution in [0.2, 0.25) is 0 Å². The summed E-state index contributed by atoms with van der Waals surface area (Å²) in [6.07, 6.45) is 0.750. The number of nitrogen functional groups attached to an aromatic ring is 1. The second kappa shape index (κ2) is 4.63. The van der Waals surface area contributed by atoms with Gasteiger partial charge >= 0.3 is 0 Å². The first kappa shape index (κ1) is 11.7. The summed E-state index contributed by atoms with van der Waals surface area (Å²) in [7, 11) is 0. The standard InChI is InChI=1S/C12H17N3O2/c1-8(13)4-5-15-10-6-9(14)2-3-11(10)17-7-12(15)16/h2-3,6,8H,4-5,7,13-14H2,1H3. The largest absolute Gasteiger partial charge is 0.482 e. The quantitative estimate of drug-likeness (QED) is 0.757. The Balaban J connectivity index is 2.26. The summed E-state index contributed by atoms with van der Waals surface area (Å²) in [6.45, 7) is 2.59. The molecule has 0 aromatic heterocycles. The normalized spacial score (nSPS) is 16.4. The van der Waals surface area contributed by atoms with Gasteiger partial charge in [0.05, 0.1) is 5.69 Å². The highest BCUT2D eigenvalue weighted by Crippen LogP contribution is 2.33. The lowest BCUT2D eigenvalue weighted by Gasteiger charge is -2.30. The number of hydrogen-bond acceptors (Lipinski definition) is 4. The Morgan fingerprint density at radius 1 is 1.53 bits per heavy atom. The number of ether oxygens (including phenoxy) is 1. The smallest absolute Gasteiger partial charge is 0.265 e. The molecule has 4 N–H and O–H groups in total. The SMILES string of the molecule is CC(N)CCN1C(=O)COc2ccc(N)cc21. The third-order valence-corrected chi connectivity index (χ3v) is 2.73. The van der Waals surface area contributed by atoms with Crippen molar-refractivity contribution in [3.05, 3.63) is 18.2 Å². The molecule has 1 amide bonds. The first-order chi connectivity index (χ1) is 8.08. The fraction of sp³-hybridized carbons (Fsp3) is 0.417. The van der Waals surface area contributed by atoms with Gasteiger partial charge in [-0.3, -0.25) is 4.79 Å². The molecule has 0 spiro atoms. The number of amides is 1. The van der Waals surface area contributed by atoms with Crippen LogP contribution >= 0.6 is 0 Å². The Morgan fingerprint density at radius 2 is 2.29 bits per heavy atom. The zero-order chi connectivity index (χ0) is 12.4. The van der Waals surface area contributed by atoms with Crippen LogP contribution in [0.5, 0.6) is 5.75 Å². The van der Waals surface area contributed by atoms with Crippen LogP contribution in [0.15, 0.2) is 18.2 Å². The Kier molecular flexibility index (Phi) is 3.19. The maximum absolute atomic E-state index is 11.8. The summed E-state index contributed by atoms with van der Waals surface area (Å²) >= 11 is 0. The number of rotatable bonds is 3. The molecule has 5 nitrogen and oxygen atoms in total. The molecule has 0 bridgehead atoms. The van der Waals surface area contributed by atoms with Crippen molar-refractivity contribution in [3.8, 4) is 5.75 Å². The summed E-state index contributed by atoms with van der Waals surface area (Å²) in [4.78, 5) is 13.5. The Hall–Kier alpha value is -1.75. The van der Waals surface area contributed by atoms with Crippen LogP contribution in [0.25, 0.3) is 0 Å². The Morgan fingerprint density at radius 3 is 3.00 bits per heavy atom. The van der Waals surface area contributed by atoms with Gasteiger partial charge in [-0.05, 0) is 31.5 Å². The number of nitrogens with zero attached hydrogens (tertiary/aromatic N) is 1. The van der Waals surface area contributed by atoms with Crippen molar-refractivity contribution in [3.63, 3.8) is 0 Å². The summed E-state index contributed by atoms with van der Waals surface area (Å²) in [6, 6.07) is 5.37. The van der Waals surface area contributed by atoms with Crippen LogP contribution < -0.4 is 21.1 Å². The third-order valence-electron chi connectivity index (χ3n) is 2.73. The van der Waals surface area contributed by atoms with Crippen LogP contribution in [0, 0.1) is 0 Å². The lowest BCUT2D eigenvalue weighted by atomic mass is 10.1. The molecule has 1 aliphatic heterocycles. The molecule has 0 aliphatic carbocycles. The first-order valence-electron chi connectivity index (χ1n) is 5.66. The average molecular weight is 235 g/mol. The molecule has 1 unspecified atom stereocenters. The third kappa shape index (κ3) is 2.50. The zero-order valence-electron chi connectivity index (χ0n) is 9.85. The van der Waals surface area contributed by atoms with Crippen molar-refractivity contribution in [2.75, 3.05) is 23.8 Å². The molecule has 0 fully saturated rings. The van der Waals surface area contributed by atoms with E-state index in [-0.39, 0.29) is 18.6 Å². The fourth-order valence-electron chi connectivity index (χ4n) is 1.80. The van der Waals surface area contributed by atoms with Crippen LogP contribution in [-0.2, 0) is 4.79 Å². The second-order valence-corrected chi connectivity index (χ2v) is 4.33. The van der Waals surface area contributed by atoms with E-state index in [1.54, 1.807) is 23.1 Å². The summed E-state index contributed by atoms with van der Waals surface area (Å²) in [5.41, 5.74) is 12.8. The summed E-state index contributed by atoms with van der Waals surface area (Å²) < 4.78 is 5.35. The van der Waals surface area contributed by atoms with Crippen molar-refractivity contribution in [2.45, 2.75) is 19.4 Å². The summed E-state index contributed by atoms with van der Waals surface area (Å²) in [5.74, 6) is 0.646. The van der Waals surface area contributed by atoms with Crippen LogP contribution in [0.1, 0.15) is 13.3 Å². The molecule has 0 saturated heterocycles. The Bertz CT molecular complexity index is 432. The maximum Gasteiger partial charge on any atom is 0.265 e. The number of carbonyl (C=O) groups is 1. The molecule has 0 saturated carbocycles. The van der Waals surface area contributed by atoms with Gasteiger partial charge in [0, 0.05) is 18.3 Å². The van der Waals surface area contributed by atoms with Gasteiger partial charge in [0.25, 0.3) is 5.91 Å². The van der Waals surface area contributed by atoms with Gasteiger partial charge in [-0.25, -0.2) is 0 Å². The number of hydrogen-bond donors (Lipinski definition) is 2. The predicted molar refractivity (Wildman–Crippen MR) is 67.0 cm³/mol. The van der Waals surface area contributed by atoms with Crippen molar-refractivity contribution in [1.29, 1.82) is 0 Å². The predicted octanol–water partition coefficient (Wildman–Crippen LogP) is 0.731. The van der Waals surface area contributed by atoms with Crippen LogP contribution in [0.3, 0.4) is 0 Å². The van der Waals surface area contributed by atoms with E-state index in [4.69, 9.17) is 16.2 Å². The molecule has 92 valence electrons. The van der Waals surface area contributed by atoms with Gasteiger partial charge in [-0.15, -0.1) is 0 Å². The maximum atomic E-state index is 11.8. The van der Waals surface area contributed by atoms with Gasteiger partial charge in [-0.1, -0.05) is 0 Å². The van der Waals surface area contributed by atoms with Crippen molar-refractivity contribution in [1.82, 2.24) is 0 Å². The molecule has 1 heterocycles. The monoisotopic (exact) mass is 235 g/mol. The Labute approximate surface area is 100 Å². The fourth-order valence-corrected chi connectivity index (χ4v) is 1.80. The highest BCUT2D eigenvalue weighted by atomic mass is 16.5. The van der Waals surface area contributed by atoms with E-state index in [1.807, 2.05) is 6.92 Å². The molecule has 2 rings (SSSR count). The molecule has 5 heteroatoms. The molecule has 1 aromatic rings. The number of nitrogens with two attached hydrogens (primary N) is 2. The van der Waals surface area contributed by atoms with E-state index in [0.29, 0.717) is 18.0 Å². The van der Waals surface area contributed by atoms with Crippen LogP contribution in [0.4, 0.5) is 11.4 Å². The number of fused-ring (bicyclic) bond motifs is 1. The molecule has 1 aromatic carbocycles. The van der Waals surface area contributed by atoms with E-state index in [9.17, 15) is 4.79 Å². The number of benzene rings is 1. The minimum atomic E-state index is -0.0521. The van der Waals surface area contributed by atoms with Crippen molar-refractivity contribution >= 4 is 17.3 Å². The van der Waals surface area contributed by atoms with E-state index < -0.39 is 0 Å². The molecular weight excluding hydrogens is 218 g/mol. The second-order valence-electron chi connectivity index (χ2n) is 4.33. The van der Waals surface area contributed by atoms with E-state index >= 15 is 0 Å². The lowest BCUT2D eigenvalue weighted by molar-refractivity contribution is -0.121. The van der Waals surface area contributed by atoms with E-state index in [2.05, 4.69) is 0 Å². The average Bonchev–Trinajstić information content (AvgIpc) is 2.27.